The fourth-order valence-electron chi connectivity index (χ4n) is 2.91. The van der Waals surface area contributed by atoms with Crippen molar-refractivity contribution in [1.82, 2.24) is 4.98 Å². The maximum absolute atomic E-state index is 12.8. The molecule has 2 nitrogen and oxygen atoms in total. The molecule has 0 aliphatic rings. The molecule has 0 fully saturated rings. The number of carbonyl (C=O) groups excluding carboxylic acids is 1. The number of aromatic amines is 1. The quantitative estimate of drug-likeness (QED) is 0.623. The van der Waals surface area contributed by atoms with E-state index < -0.39 is 11.7 Å². The van der Waals surface area contributed by atoms with Crippen molar-refractivity contribution in [2.45, 2.75) is 25.9 Å². The molecule has 0 bridgehead atoms. The smallest absolute Gasteiger partial charge is 0.361 e. The zero-order valence-electron chi connectivity index (χ0n) is 14.2. The van der Waals surface area contributed by atoms with Gasteiger partial charge in [-0.15, -0.1) is 0 Å². The van der Waals surface area contributed by atoms with E-state index in [2.05, 4.69) is 4.98 Å². The maximum Gasteiger partial charge on any atom is 0.416 e. The second-order valence-electron chi connectivity index (χ2n) is 6.35. The van der Waals surface area contributed by atoms with E-state index >= 15 is 0 Å². The van der Waals surface area contributed by atoms with Gasteiger partial charge in [0.15, 0.2) is 0 Å². The number of carbonyl (C=O) groups is 1. The Morgan fingerprint density at radius 1 is 1.12 bits per heavy atom. The summed E-state index contributed by atoms with van der Waals surface area (Å²) in [6, 6.07) is 11.6. The summed E-state index contributed by atoms with van der Waals surface area (Å²) in [5.74, 6) is 0.0137. The molecular weight excluding hydrogens is 339 g/mol. The number of nitrogens with one attached hydrogen (secondary N) is 1. The zero-order chi connectivity index (χ0) is 18.7. The number of Topliss-reactive ketones (excluding diaryl/α,β-unsaturated/α-hetero) is 1. The Bertz CT molecular complexity index is 967. The minimum Gasteiger partial charge on any atom is -0.361 e. The zero-order valence-corrected chi connectivity index (χ0v) is 14.2. The summed E-state index contributed by atoms with van der Waals surface area (Å²) in [6.07, 6.45) is 1.13. The van der Waals surface area contributed by atoms with Gasteiger partial charge in [-0.3, -0.25) is 4.79 Å². The number of allylic oxidation sites excluding steroid dienone is 1. The van der Waals surface area contributed by atoms with Crippen molar-refractivity contribution < 1.29 is 18.0 Å². The first kappa shape index (κ1) is 18.0. The van der Waals surface area contributed by atoms with Gasteiger partial charge >= 0.3 is 6.18 Å². The van der Waals surface area contributed by atoms with Gasteiger partial charge in [0, 0.05) is 24.6 Å². The van der Waals surface area contributed by atoms with E-state index in [1.807, 2.05) is 30.5 Å². The Morgan fingerprint density at radius 2 is 1.92 bits per heavy atom. The number of ketones is 1. The Hall–Kier alpha value is -2.82. The van der Waals surface area contributed by atoms with Gasteiger partial charge in [-0.2, -0.15) is 13.2 Å². The molecule has 1 aromatic heterocycles. The Balaban J connectivity index is 1.64. The molecule has 26 heavy (non-hydrogen) atoms. The molecule has 0 unspecified atom stereocenters. The van der Waals surface area contributed by atoms with Crippen LogP contribution in [-0.2, 0) is 17.4 Å². The molecular formula is C21H18F3NO. The normalized spacial score (nSPS) is 12.2. The van der Waals surface area contributed by atoms with Crippen LogP contribution in [0.25, 0.3) is 17.0 Å². The molecule has 0 radical (unpaired) electrons. The Morgan fingerprint density at radius 3 is 2.69 bits per heavy atom. The topological polar surface area (TPSA) is 32.9 Å². The van der Waals surface area contributed by atoms with Crippen LogP contribution in [0, 0.1) is 6.92 Å². The van der Waals surface area contributed by atoms with Gasteiger partial charge in [-0.05, 0) is 59.3 Å². The molecule has 0 atom stereocenters. The second-order valence-corrected chi connectivity index (χ2v) is 6.35. The summed E-state index contributed by atoms with van der Waals surface area (Å²) in [6.45, 7) is 1.62. The number of rotatable bonds is 5. The van der Waals surface area contributed by atoms with E-state index in [9.17, 15) is 18.0 Å². The molecule has 0 saturated carbocycles. The van der Waals surface area contributed by atoms with E-state index in [-0.39, 0.29) is 12.2 Å². The van der Waals surface area contributed by atoms with Gasteiger partial charge < -0.3 is 4.98 Å². The first-order chi connectivity index (χ1) is 12.3. The fourth-order valence-corrected chi connectivity index (χ4v) is 2.91. The molecule has 3 aromatic rings. The van der Waals surface area contributed by atoms with E-state index in [4.69, 9.17) is 0 Å². The van der Waals surface area contributed by atoms with Gasteiger partial charge in [-0.1, -0.05) is 24.3 Å². The number of hydrogen-bond donors (Lipinski definition) is 1. The molecule has 5 heteroatoms. The Kier molecular flexibility index (Phi) is 4.98. The predicted octanol–water partition coefficient (Wildman–Crippen LogP) is 5.71. The van der Waals surface area contributed by atoms with Crippen LogP contribution in [0.4, 0.5) is 13.2 Å². The average molecular weight is 357 g/mol. The molecule has 0 aliphatic carbocycles. The van der Waals surface area contributed by atoms with Crippen LogP contribution in [0.1, 0.15) is 28.7 Å². The van der Waals surface area contributed by atoms with E-state index in [1.54, 1.807) is 25.1 Å². The van der Waals surface area contributed by atoms with Crippen LogP contribution >= 0.6 is 0 Å². The number of H-pyrrole nitrogens is 1. The summed E-state index contributed by atoms with van der Waals surface area (Å²) >= 11 is 0. The van der Waals surface area contributed by atoms with Crippen LogP contribution in [0.2, 0.25) is 0 Å². The van der Waals surface area contributed by atoms with Crippen LogP contribution in [0.5, 0.6) is 0 Å². The minimum absolute atomic E-state index is 0.0137. The second kappa shape index (κ2) is 7.20. The van der Waals surface area contributed by atoms with E-state index in [0.717, 1.165) is 28.6 Å². The summed E-state index contributed by atoms with van der Waals surface area (Å²) in [5.41, 5.74) is 2.24. The molecule has 1 heterocycles. The highest BCUT2D eigenvalue weighted by Gasteiger charge is 2.30. The molecule has 3 rings (SSSR count). The van der Waals surface area contributed by atoms with Crippen molar-refractivity contribution in [1.29, 1.82) is 0 Å². The van der Waals surface area contributed by atoms with Gasteiger partial charge in [0.05, 0.1) is 5.56 Å². The van der Waals surface area contributed by atoms with Gasteiger partial charge in [0.1, 0.15) is 5.78 Å². The lowest BCUT2D eigenvalue weighted by Crippen LogP contribution is -2.05. The third kappa shape index (κ3) is 4.42. The summed E-state index contributed by atoms with van der Waals surface area (Å²) in [5, 5.41) is 1.05. The molecule has 0 amide bonds. The fraction of sp³-hybridized carbons (Fsp3) is 0.190. The first-order valence-corrected chi connectivity index (χ1v) is 8.24. The van der Waals surface area contributed by atoms with Gasteiger partial charge in [-0.25, -0.2) is 0 Å². The minimum atomic E-state index is -4.37. The van der Waals surface area contributed by atoms with E-state index in [1.165, 1.54) is 0 Å². The van der Waals surface area contributed by atoms with Crippen molar-refractivity contribution in [3.63, 3.8) is 0 Å². The molecule has 0 saturated heterocycles. The van der Waals surface area contributed by atoms with Crippen LogP contribution in [0.15, 0.2) is 54.7 Å². The van der Waals surface area contributed by atoms with Crippen molar-refractivity contribution in [2.75, 3.05) is 0 Å². The summed E-state index contributed by atoms with van der Waals surface area (Å²) in [7, 11) is 0. The number of aryl methyl sites for hydroxylation is 1. The number of fused-ring (bicyclic) bond motifs is 1. The third-order valence-corrected chi connectivity index (χ3v) is 4.10. The predicted molar refractivity (Wildman–Crippen MR) is 96.8 cm³/mol. The standard InChI is InChI=1S/C21H18F3NO/c1-14-9-15(12-18(10-14)21(22,23)24)3-2-4-19(26)13-16-5-6-20-17(11-16)7-8-25-20/h2-3,5-12,25H,4,13H2,1H3/b3-2+. The summed E-state index contributed by atoms with van der Waals surface area (Å²) < 4.78 is 38.5. The van der Waals surface area contributed by atoms with E-state index in [0.29, 0.717) is 17.5 Å². The largest absolute Gasteiger partial charge is 0.416 e. The van der Waals surface area contributed by atoms with Crippen molar-refractivity contribution in [2.24, 2.45) is 0 Å². The number of halogens is 3. The van der Waals surface area contributed by atoms with Crippen molar-refractivity contribution >= 4 is 22.8 Å². The lowest BCUT2D eigenvalue weighted by Gasteiger charge is -2.08. The first-order valence-electron chi connectivity index (χ1n) is 8.24. The van der Waals surface area contributed by atoms with Crippen LogP contribution < -0.4 is 0 Å². The van der Waals surface area contributed by atoms with Crippen LogP contribution in [-0.4, -0.2) is 10.8 Å². The highest BCUT2D eigenvalue weighted by atomic mass is 19.4. The number of benzene rings is 2. The Labute approximate surface area is 149 Å². The number of alkyl halides is 3. The highest BCUT2D eigenvalue weighted by molar-refractivity contribution is 5.85. The molecule has 0 aliphatic heterocycles. The lowest BCUT2D eigenvalue weighted by molar-refractivity contribution is -0.137. The maximum atomic E-state index is 12.8. The number of aromatic nitrogens is 1. The van der Waals surface area contributed by atoms with Gasteiger partial charge in [0.25, 0.3) is 0 Å². The lowest BCUT2D eigenvalue weighted by atomic mass is 10.0. The molecule has 1 N–H and O–H groups in total. The molecule has 134 valence electrons. The van der Waals surface area contributed by atoms with Crippen LogP contribution in [0.3, 0.4) is 0 Å². The number of hydrogen-bond acceptors (Lipinski definition) is 1. The van der Waals surface area contributed by atoms with Gasteiger partial charge in [0.2, 0.25) is 0 Å². The SMILES string of the molecule is Cc1cc(/C=C/CC(=O)Cc2ccc3[nH]ccc3c2)cc(C(F)(F)F)c1. The monoisotopic (exact) mass is 357 g/mol. The molecule has 0 spiro atoms. The summed E-state index contributed by atoms with van der Waals surface area (Å²) in [4.78, 5) is 15.2. The highest BCUT2D eigenvalue weighted by Crippen LogP contribution is 2.30. The average Bonchev–Trinajstić information content (AvgIpc) is 3.01. The van der Waals surface area contributed by atoms with Crippen molar-refractivity contribution in [3.05, 3.63) is 77.0 Å². The van der Waals surface area contributed by atoms with Crippen molar-refractivity contribution in [3.8, 4) is 0 Å². The third-order valence-electron chi connectivity index (χ3n) is 4.10. The molecule has 2 aromatic carbocycles.